The lowest BCUT2D eigenvalue weighted by Crippen LogP contribution is -2.32. The third-order valence-corrected chi connectivity index (χ3v) is 6.72. The zero-order chi connectivity index (χ0) is 18.8. The number of fused-ring (bicyclic) bond motifs is 1. The van der Waals surface area contributed by atoms with Crippen molar-refractivity contribution in [3.8, 4) is 0 Å². The van der Waals surface area contributed by atoms with E-state index in [2.05, 4.69) is 12.2 Å². The number of carbonyl (C=O) groups excluding carboxylic acids is 3. The van der Waals surface area contributed by atoms with E-state index in [9.17, 15) is 19.5 Å². The Kier molecular flexibility index (Phi) is 3.62. The van der Waals surface area contributed by atoms with Gasteiger partial charge in [-0.15, -0.1) is 0 Å². The van der Waals surface area contributed by atoms with Gasteiger partial charge in [-0.3, -0.25) is 19.7 Å². The lowest BCUT2D eigenvalue weighted by molar-refractivity contribution is -0.124. The fourth-order valence-corrected chi connectivity index (χ4v) is 5.05. The van der Waals surface area contributed by atoms with Crippen molar-refractivity contribution in [1.82, 2.24) is 5.32 Å². The molecule has 0 bridgehead atoms. The fourth-order valence-electron chi connectivity index (χ4n) is 5.05. The highest BCUT2D eigenvalue weighted by atomic mass is 16.3. The first-order chi connectivity index (χ1) is 12.3. The molecule has 3 aliphatic rings. The number of rotatable bonds is 2. The smallest absolute Gasteiger partial charge is 0.293 e. The molecule has 1 saturated carbocycles. The molecule has 26 heavy (non-hydrogen) atoms. The van der Waals surface area contributed by atoms with Crippen LogP contribution < -0.4 is 5.32 Å². The van der Waals surface area contributed by atoms with Crippen LogP contribution in [0.5, 0.6) is 0 Å². The van der Waals surface area contributed by atoms with Crippen LogP contribution >= 0.6 is 0 Å². The van der Waals surface area contributed by atoms with Gasteiger partial charge in [0.25, 0.3) is 11.8 Å². The topological polar surface area (TPSA) is 83.5 Å². The average Bonchev–Trinajstić information content (AvgIpc) is 3.26. The van der Waals surface area contributed by atoms with Gasteiger partial charge in [-0.25, -0.2) is 0 Å². The van der Waals surface area contributed by atoms with Gasteiger partial charge >= 0.3 is 0 Å². The highest BCUT2D eigenvalue weighted by molar-refractivity contribution is 6.35. The van der Waals surface area contributed by atoms with E-state index < -0.39 is 23.0 Å². The molecule has 4 rings (SSSR count). The molecule has 2 N–H and O–H groups in total. The van der Waals surface area contributed by atoms with Crippen LogP contribution in [0.25, 0.3) is 5.57 Å². The van der Waals surface area contributed by atoms with Gasteiger partial charge in [0.15, 0.2) is 11.5 Å². The summed E-state index contributed by atoms with van der Waals surface area (Å²) < 4.78 is 0. The van der Waals surface area contributed by atoms with Gasteiger partial charge in [0.05, 0.1) is 5.57 Å². The van der Waals surface area contributed by atoms with E-state index in [1.807, 2.05) is 19.9 Å². The van der Waals surface area contributed by atoms with Crippen molar-refractivity contribution < 1.29 is 19.5 Å². The Labute approximate surface area is 152 Å². The quantitative estimate of drug-likeness (QED) is 0.800. The van der Waals surface area contributed by atoms with E-state index in [1.165, 1.54) is 12.8 Å². The Morgan fingerprint density at radius 1 is 1.08 bits per heavy atom. The van der Waals surface area contributed by atoms with Gasteiger partial charge in [-0.2, -0.15) is 0 Å². The number of benzene rings is 1. The zero-order valence-corrected chi connectivity index (χ0v) is 15.4. The van der Waals surface area contributed by atoms with Gasteiger partial charge in [0.1, 0.15) is 0 Å². The van der Waals surface area contributed by atoms with Crippen LogP contribution in [0.15, 0.2) is 11.8 Å². The predicted molar refractivity (Wildman–Crippen MR) is 96.7 cm³/mol. The largest absolute Gasteiger partial charge is 0.502 e. The highest BCUT2D eigenvalue weighted by Gasteiger charge is 2.49. The molecule has 0 spiro atoms. The molecule has 5 nitrogen and oxygen atoms in total. The number of hydrogen-bond donors (Lipinski definition) is 2. The first kappa shape index (κ1) is 17.0. The minimum absolute atomic E-state index is 0.0142. The van der Waals surface area contributed by atoms with E-state index in [-0.39, 0.29) is 11.4 Å². The Morgan fingerprint density at radius 2 is 1.73 bits per heavy atom. The fraction of sp³-hybridized carbons (Fsp3) is 0.476. The summed E-state index contributed by atoms with van der Waals surface area (Å²) in [5, 5.41) is 12.2. The molecular weight excluding hydrogens is 330 g/mol. The SMILES string of the molecule is Cc1c(C2=C(O)C(=O)NC2=O)cc2c(c1C)C(=O)C(C)(C1CCCC1)C2. The number of Topliss-reactive ketones (excluding diaryl/α,β-unsaturated/α-hetero) is 1. The van der Waals surface area contributed by atoms with Crippen LogP contribution in [0.1, 0.15) is 65.2 Å². The number of carbonyl (C=O) groups is 3. The Hall–Kier alpha value is -2.43. The van der Waals surface area contributed by atoms with Crippen molar-refractivity contribution in [2.24, 2.45) is 11.3 Å². The summed E-state index contributed by atoms with van der Waals surface area (Å²) in [6.45, 7) is 5.80. The molecule has 0 aromatic heterocycles. The average molecular weight is 353 g/mol. The first-order valence-corrected chi connectivity index (χ1v) is 9.23. The molecule has 1 aliphatic heterocycles. The number of hydrogen-bond acceptors (Lipinski definition) is 4. The number of amides is 2. The molecule has 136 valence electrons. The van der Waals surface area contributed by atoms with Crippen molar-refractivity contribution in [3.05, 3.63) is 39.6 Å². The number of imide groups is 1. The zero-order valence-electron chi connectivity index (χ0n) is 15.4. The highest BCUT2D eigenvalue weighted by Crippen LogP contribution is 2.50. The summed E-state index contributed by atoms with van der Waals surface area (Å²) in [5.41, 5.74) is 3.47. The van der Waals surface area contributed by atoms with Crippen molar-refractivity contribution in [1.29, 1.82) is 0 Å². The van der Waals surface area contributed by atoms with Gasteiger partial charge < -0.3 is 5.11 Å². The number of aliphatic hydroxyl groups excluding tert-OH is 1. The van der Waals surface area contributed by atoms with Gasteiger partial charge in [0.2, 0.25) is 0 Å². The Morgan fingerprint density at radius 3 is 2.31 bits per heavy atom. The summed E-state index contributed by atoms with van der Waals surface area (Å²) in [6, 6.07) is 1.83. The van der Waals surface area contributed by atoms with Crippen molar-refractivity contribution in [3.63, 3.8) is 0 Å². The maximum absolute atomic E-state index is 13.3. The number of nitrogens with one attached hydrogen (secondary N) is 1. The van der Waals surface area contributed by atoms with Gasteiger partial charge in [0, 0.05) is 11.0 Å². The van der Waals surface area contributed by atoms with Crippen LogP contribution in [0, 0.1) is 25.2 Å². The monoisotopic (exact) mass is 353 g/mol. The third kappa shape index (κ3) is 2.12. The summed E-state index contributed by atoms with van der Waals surface area (Å²) in [5.74, 6) is -1.29. The van der Waals surface area contributed by atoms with Crippen LogP contribution in [-0.4, -0.2) is 22.7 Å². The normalized spacial score (nSPS) is 26.0. The maximum Gasteiger partial charge on any atom is 0.293 e. The standard InChI is InChI=1S/C21H23NO4/c1-10-11(2)15-12(8-14(10)16-17(23)20(26)22-19(16)25)9-21(3,18(15)24)13-6-4-5-7-13/h8,13H,4-7,9H2,1-3H3,(H2,22,23,25,26). The lowest BCUT2D eigenvalue weighted by atomic mass is 9.73. The van der Waals surface area contributed by atoms with Crippen molar-refractivity contribution in [2.75, 3.05) is 0 Å². The van der Waals surface area contributed by atoms with Crippen LogP contribution in [0.3, 0.4) is 0 Å². The molecule has 1 aromatic carbocycles. The van der Waals surface area contributed by atoms with Gasteiger partial charge in [-0.1, -0.05) is 19.8 Å². The molecule has 0 radical (unpaired) electrons. The van der Waals surface area contributed by atoms with E-state index in [0.29, 0.717) is 17.9 Å². The molecule has 2 aliphatic carbocycles. The summed E-state index contributed by atoms with van der Waals surface area (Å²) >= 11 is 0. The summed E-state index contributed by atoms with van der Waals surface area (Å²) in [6.07, 6.45) is 5.18. The molecule has 0 saturated heterocycles. The van der Waals surface area contributed by atoms with Gasteiger partial charge in [-0.05, 0) is 67.3 Å². The minimum atomic E-state index is -0.769. The maximum atomic E-state index is 13.3. The molecule has 5 heteroatoms. The van der Waals surface area contributed by atoms with Crippen molar-refractivity contribution >= 4 is 23.2 Å². The Bertz CT molecular complexity index is 905. The van der Waals surface area contributed by atoms with Crippen LogP contribution in [0.2, 0.25) is 0 Å². The molecule has 2 amide bonds. The van der Waals surface area contributed by atoms with E-state index in [0.717, 1.165) is 35.1 Å². The second-order valence-corrected chi connectivity index (χ2v) is 8.12. The first-order valence-electron chi connectivity index (χ1n) is 9.23. The Balaban J connectivity index is 1.86. The number of aliphatic hydroxyl groups is 1. The lowest BCUT2D eigenvalue weighted by Gasteiger charge is -2.29. The molecule has 1 unspecified atom stereocenters. The number of ketones is 1. The van der Waals surface area contributed by atoms with Crippen molar-refractivity contribution in [2.45, 2.75) is 52.9 Å². The van der Waals surface area contributed by atoms with Crippen LogP contribution in [-0.2, 0) is 16.0 Å². The summed E-state index contributed by atoms with van der Waals surface area (Å²) in [7, 11) is 0. The molecular formula is C21H23NO4. The summed E-state index contributed by atoms with van der Waals surface area (Å²) in [4.78, 5) is 37.1. The molecule has 1 heterocycles. The van der Waals surface area contributed by atoms with E-state index >= 15 is 0 Å². The van der Waals surface area contributed by atoms with E-state index in [1.54, 1.807) is 0 Å². The second-order valence-electron chi connectivity index (χ2n) is 8.12. The molecule has 1 fully saturated rings. The second kappa shape index (κ2) is 5.53. The van der Waals surface area contributed by atoms with E-state index in [4.69, 9.17) is 0 Å². The third-order valence-electron chi connectivity index (χ3n) is 6.72. The molecule has 1 atom stereocenters. The van der Waals surface area contributed by atoms with Crippen LogP contribution in [0.4, 0.5) is 0 Å². The molecule has 1 aromatic rings. The predicted octanol–water partition coefficient (Wildman–Crippen LogP) is 3.16. The minimum Gasteiger partial charge on any atom is -0.502 e.